The van der Waals surface area contributed by atoms with Gasteiger partial charge in [0.05, 0.1) is 25.4 Å². The van der Waals surface area contributed by atoms with E-state index >= 15 is 0 Å². The number of hydrogen-bond acceptors (Lipinski definition) is 3. The monoisotopic (exact) mass is 207 g/mol. The summed E-state index contributed by atoms with van der Waals surface area (Å²) in [4.78, 5) is 0. The third-order valence-corrected chi connectivity index (χ3v) is 2.81. The summed E-state index contributed by atoms with van der Waals surface area (Å²) in [5, 5.41) is 13.0. The maximum atomic E-state index is 9.60. The minimum Gasteiger partial charge on any atom is -0.389 e. The Kier molecular flexibility index (Phi) is 3.36. The molecule has 3 heteroatoms. The highest BCUT2D eigenvalue weighted by molar-refractivity contribution is 5.18. The summed E-state index contributed by atoms with van der Waals surface area (Å²) in [7, 11) is 0. The van der Waals surface area contributed by atoms with Gasteiger partial charge in [0.1, 0.15) is 0 Å². The SMILES string of the molecule is C[C@@H](N[C@@H]1COC[C@H]1O)c1ccccc1. The fraction of sp³-hybridized carbons (Fsp3) is 0.500. The molecule has 0 amide bonds. The molecule has 0 aliphatic carbocycles. The Labute approximate surface area is 90.1 Å². The molecule has 1 aliphatic rings. The highest BCUT2D eigenvalue weighted by atomic mass is 16.5. The molecule has 82 valence electrons. The van der Waals surface area contributed by atoms with E-state index in [4.69, 9.17) is 4.74 Å². The first-order valence-corrected chi connectivity index (χ1v) is 5.34. The second kappa shape index (κ2) is 4.75. The van der Waals surface area contributed by atoms with Crippen molar-refractivity contribution in [1.82, 2.24) is 5.32 Å². The van der Waals surface area contributed by atoms with E-state index in [9.17, 15) is 5.11 Å². The second-order valence-electron chi connectivity index (χ2n) is 4.01. The summed E-state index contributed by atoms with van der Waals surface area (Å²) in [5.41, 5.74) is 1.23. The Balaban J connectivity index is 1.95. The van der Waals surface area contributed by atoms with Gasteiger partial charge in [-0.05, 0) is 12.5 Å². The highest BCUT2D eigenvalue weighted by Gasteiger charge is 2.27. The topological polar surface area (TPSA) is 41.5 Å². The van der Waals surface area contributed by atoms with E-state index in [0.717, 1.165) is 0 Å². The van der Waals surface area contributed by atoms with E-state index < -0.39 is 0 Å². The molecule has 1 heterocycles. The minimum atomic E-state index is -0.379. The molecule has 1 fully saturated rings. The lowest BCUT2D eigenvalue weighted by Gasteiger charge is -2.20. The molecule has 0 saturated carbocycles. The van der Waals surface area contributed by atoms with Crippen LogP contribution in [0.5, 0.6) is 0 Å². The zero-order valence-electron chi connectivity index (χ0n) is 8.89. The van der Waals surface area contributed by atoms with Crippen molar-refractivity contribution in [2.75, 3.05) is 13.2 Å². The number of aliphatic hydroxyl groups is 1. The van der Waals surface area contributed by atoms with Gasteiger partial charge in [-0.3, -0.25) is 0 Å². The molecule has 2 N–H and O–H groups in total. The first-order valence-electron chi connectivity index (χ1n) is 5.34. The summed E-state index contributed by atoms with van der Waals surface area (Å²) in [5.74, 6) is 0. The normalized spacial score (nSPS) is 27.9. The van der Waals surface area contributed by atoms with Crippen LogP contribution in [0.2, 0.25) is 0 Å². The average molecular weight is 207 g/mol. The molecule has 0 aromatic heterocycles. The Bertz CT molecular complexity index is 302. The van der Waals surface area contributed by atoms with E-state index in [1.165, 1.54) is 5.56 Å². The maximum Gasteiger partial charge on any atom is 0.0948 e. The molecular weight excluding hydrogens is 190 g/mol. The number of nitrogens with one attached hydrogen (secondary N) is 1. The third kappa shape index (κ3) is 2.56. The summed E-state index contributed by atoms with van der Waals surface area (Å²) < 4.78 is 5.19. The number of ether oxygens (including phenoxy) is 1. The van der Waals surface area contributed by atoms with Crippen molar-refractivity contribution in [3.8, 4) is 0 Å². The van der Waals surface area contributed by atoms with Gasteiger partial charge in [-0.2, -0.15) is 0 Å². The van der Waals surface area contributed by atoms with E-state index in [1.807, 2.05) is 18.2 Å². The van der Waals surface area contributed by atoms with Crippen LogP contribution in [0.3, 0.4) is 0 Å². The van der Waals surface area contributed by atoms with Crippen LogP contribution >= 0.6 is 0 Å². The van der Waals surface area contributed by atoms with Crippen LogP contribution in [-0.2, 0) is 4.74 Å². The van der Waals surface area contributed by atoms with E-state index in [2.05, 4.69) is 24.4 Å². The molecule has 0 unspecified atom stereocenters. The van der Waals surface area contributed by atoms with Gasteiger partial charge >= 0.3 is 0 Å². The van der Waals surface area contributed by atoms with Gasteiger partial charge < -0.3 is 15.2 Å². The lowest BCUT2D eigenvalue weighted by Crippen LogP contribution is -2.40. The molecule has 0 radical (unpaired) electrons. The predicted molar refractivity (Wildman–Crippen MR) is 58.6 cm³/mol. The molecule has 1 aromatic carbocycles. The highest BCUT2D eigenvalue weighted by Crippen LogP contribution is 2.15. The zero-order chi connectivity index (χ0) is 10.7. The maximum absolute atomic E-state index is 9.60. The van der Waals surface area contributed by atoms with Crippen LogP contribution in [0.4, 0.5) is 0 Å². The lowest BCUT2D eigenvalue weighted by atomic mass is 10.1. The Morgan fingerprint density at radius 3 is 2.67 bits per heavy atom. The molecular formula is C12H17NO2. The minimum absolute atomic E-state index is 0.0557. The van der Waals surface area contributed by atoms with E-state index in [-0.39, 0.29) is 18.2 Å². The van der Waals surface area contributed by atoms with Gasteiger partial charge in [-0.25, -0.2) is 0 Å². The molecule has 0 bridgehead atoms. The summed E-state index contributed by atoms with van der Waals surface area (Å²) in [6, 6.07) is 10.5. The van der Waals surface area contributed by atoms with Crippen molar-refractivity contribution in [3.05, 3.63) is 35.9 Å². The largest absolute Gasteiger partial charge is 0.389 e. The van der Waals surface area contributed by atoms with E-state index in [1.54, 1.807) is 0 Å². The average Bonchev–Trinajstić information content (AvgIpc) is 2.66. The van der Waals surface area contributed by atoms with Crippen molar-refractivity contribution >= 4 is 0 Å². The van der Waals surface area contributed by atoms with Crippen molar-refractivity contribution in [1.29, 1.82) is 0 Å². The fourth-order valence-electron chi connectivity index (χ4n) is 1.86. The molecule has 3 nitrogen and oxygen atoms in total. The van der Waals surface area contributed by atoms with Gasteiger partial charge in [0.15, 0.2) is 0 Å². The number of aliphatic hydroxyl groups excluding tert-OH is 1. The first kappa shape index (κ1) is 10.6. The van der Waals surface area contributed by atoms with Crippen LogP contribution in [0.1, 0.15) is 18.5 Å². The quantitative estimate of drug-likeness (QED) is 0.779. The summed E-state index contributed by atoms with van der Waals surface area (Å²) in [6.45, 7) is 3.14. The first-order chi connectivity index (χ1) is 7.27. The van der Waals surface area contributed by atoms with Gasteiger partial charge in [0.25, 0.3) is 0 Å². The molecule has 15 heavy (non-hydrogen) atoms. The van der Waals surface area contributed by atoms with Crippen LogP contribution in [0, 0.1) is 0 Å². The van der Waals surface area contributed by atoms with Gasteiger partial charge in [0.2, 0.25) is 0 Å². The van der Waals surface area contributed by atoms with E-state index in [0.29, 0.717) is 13.2 Å². The van der Waals surface area contributed by atoms with Crippen LogP contribution in [-0.4, -0.2) is 30.5 Å². The third-order valence-electron chi connectivity index (χ3n) is 2.81. The smallest absolute Gasteiger partial charge is 0.0948 e. The fourth-order valence-corrected chi connectivity index (χ4v) is 1.86. The van der Waals surface area contributed by atoms with Gasteiger partial charge in [-0.15, -0.1) is 0 Å². The molecule has 0 spiro atoms. The van der Waals surface area contributed by atoms with Crippen molar-refractivity contribution < 1.29 is 9.84 Å². The zero-order valence-corrected chi connectivity index (χ0v) is 8.89. The molecule has 1 saturated heterocycles. The Hall–Kier alpha value is -0.900. The van der Waals surface area contributed by atoms with Crippen LogP contribution in [0.25, 0.3) is 0 Å². The molecule has 2 rings (SSSR count). The Morgan fingerprint density at radius 1 is 1.33 bits per heavy atom. The molecule has 3 atom stereocenters. The Morgan fingerprint density at radius 2 is 2.07 bits per heavy atom. The van der Waals surface area contributed by atoms with Gasteiger partial charge in [0, 0.05) is 6.04 Å². The number of benzene rings is 1. The van der Waals surface area contributed by atoms with Crippen LogP contribution < -0.4 is 5.32 Å². The van der Waals surface area contributed by atoms with Crippen LogP contribution in [0.15, 0.2) is 30.3 Å². The standard InChI is InChI=1S/C12H17NO2/c1-9(10-5-3-2-4-6-10)13-11-7-15-8-12(11)14/h2-6,9,11-14H,7-8H2,1H3/t9-,11-,12-/m1/s1. The second-order valence-corrected chi connectivity index (χ2v) is 4.01. The predicted octanol–water partition coefficient (Wildman–Crippen LogP) is 1.10. The van der Waals surface area contributed by atoms with Gasteiger partial charge in [-0.1, -0.05) is 30.3 Å². The summed E-state index contributed by atoms with van der Waals surface area (Å²) in [6.07, 6.45) is -0.379. The van der Waals surface area contributed by atoms with Crippen molar-refractivity contribution in [2.24, 2.45) is 0 Å². The van der Waals surface area contributed by atoms with Crippen molar-refractivity contribution in [3.63, 3.8) is 0 Å². The molecule has 1 aromatic rings. The molecule has 1 aliphatic heterocycles. The number of hydrogen-bond donors (Lipinski definition) is 2. The summed E-state index contributed by atoms with van der Waals surface area (Å²) >= 11 is 0. The number of rotatable bonds is 3. The van der Waals surface area contributed by atoms with Crippen molar-refractivity contribution in [2.45, 2.75) is 25.1 Å². The lowest BCUT2D eigenvalue weighted by molar-refractivity contribution is 0.121.